The number of aromatic nitrogens is 2. The summed E-state index contributed by atoms with van der Waals surface area (Å²) in [5.41, 5.74) is 6.86. The number of rotatable bonds is 1. The molecule has 0 amide bonds. The number of benzene rings is 1. The predicted molar refractivity (Wildman–Crippen MR) is 86.2 cm³/mol. The third kappa shape index (κ3) is 2.33. The zero-order valence-electron chi connectivity index (χ0n) is 12.3. The van der Waals surface area contributed by atoms with E-state index in [-0.39, 0.29) is 0 Å². The Bertz CT molecular complexity index is 654. The number of nitrogens with two attached hydrogens (primary N) is 1. The van der Waals surface area contributed by atoms with Gasteiger partial charge in [0.05, 0.1) is 5.52 Å². The number of hydrogen-bond donors (Lipinski definition) is 1. The van der Waals surface area contributed by atoms with Crippen molar-refractivity contribution in [2.24, 2.45) is 11.8 Å². The lowest BCUT2D eigenvalue weighted by molar-refractivity contribution is 0.202. The van der Waals surface area contributed by atoms with E-state index < -0.39 is 0 Å². The third-order valence-electron chi connectivity index (χ3n) is 5.19. The van der Waals surface area contributed by atoms with Crippen LogP contribution in [0.2, 0.25) is 0 Å². The van der Waals surface area contributed by atoms with Gasteiger partial charge in [0.2, 0.25) is 5.95 Å². The summed E-state index contributed by atoms with van der Waals surface area (Å²) < 4.78 is 0. The van der Waals surface area contributed by atoms with Crippen molar-refractivity contribution < 1.29 is 0 Å². The van der Waals surface area contributed by atoms with Gasteiger partial charge in [0.15, 0.2) is 0 Å². The van der Waals surface area contributed by atoms with Crippen molar-refractivity contribution in [2.45, 2.75) is 32.1 Å². The minimum absolute atomic E-state index is 0.384. The third-order valence-corrected chi connectivity index (χ3v) is 5.19. The molecule has 1 aromatic heterocycles. The molecule has 2 N–H and O–H groups in total. The lowest BCUT2D eigenvalue weighted by Crippen LogP contribution is -2.42. The Morgan fingerprint density at radius 2 is 1.81 bits per heavy atom. The van der Waals surface area contributed by atoms with E-state index in [0.29, 0.717) is 5.95 Å². The SMILES string of the molecule is Nc1nc(N2CCC3CCCCC3C2)c2ccccc2n1. The second-order valence-corrected chi connectivity index (χ2v) is 6.46. The molecule has 1 aliphatic heterocycles. The van der Waals surface area contributed by atoms with Crippen LogP contribution in [0.15, 0.2) is 24.3 Å². The summed E-state index contributed by atoms with van der Waals surface area (Å²) in [7, 11) is 0. The molecule has 1 aromatic carbocycles. The quantitative estimate of drug-likeness (QED) is 0.872. The first kappa shape index (κ1) is 12.9. The molecule has 1 saturated carbocycles. The average Bonchev–Trinajstić information content (AvgIpc) is 2.53. The Kier molecular flexibility index (Phi) is 3.17. The number of para-hydroxylation sites is 1. The standard InChI is InChI=1S/C17H22N4/c18-17-19-15-8-4-3-7-14(15)16(20-17)21-10-9-12-5-1-2-6-13(12)11-21/h3-4,7-8,12-13H,1-2,5-6,9-11H2,(H2,18,19,20). The van der Waals surface area contributed by atoms with Gasteiger partial charge in [-0.05, 0) is 36.8 Å². The molecule has 21 heavy (non-hydrogen) atoms. The minimum atomic E-state index is 0.384. The van der Waals surface area contributed by atoms with Gasteiger partial charge in [-0.25, -0.2) is 4.98 Å². The Labute approximate surface area is 125 Å². The Morgan fingerprint density at radius 1 is 1.00 bits per heavy atom. The van der Waals surface area contributed by atoms with Crippen LogP contribution in [0.5, 0.6) is 0 Å². The van der Waals surface area contributed by atoms with Crippen molar-refractivity contribution in [1.29, 1.82) is 0 Å². The Morgan fingerprint density at radius 3 is 2.71 bits per heavy atom. The van der Waals surface area contributed by atoms with E-state index in [1.807, 2.05) is 12.1 Å². The van der Waals surface area contributed by atoms with Crippen LogP contribution in [0.25, 0.3) is 10.9 Å². The molecule has 2 atom stereocenters. The fourth-order valence-corrected chi connectivity index (χ4v) is 4.11. The molecule has 0 radical (unpaired) electrons. The van der Waals surface area contributed by atoms with Crippen molar-refractivity contribution in [3.63, 3.8) is 0 Å². The molecule has 1 aliphatic carbocycles. The van der Waals surface area contributed by atoms with E-state index in [0.717, 1.165) is 41.6 Å². The van der Waals surface area contributed by atoms with Crippen LogP contribution in [-0.4, -0.2) is 23.1 Å². The molecule has 4 rings (SSSR count). The van der Waals surface area contributed by atoms with E-state index in [4.69, 9.17) is 5.73 Å². The van der Waals surface area contributed by atoms with Gasteiger partial charge >= 0.3 is 0 Å². The topological polar surface area (TPSA) is 55.0 Å². The number of anilines is 2. The summed E-state index contributed by atoms with van der Waals surface area (Å²) >= 11 is 0. The number of piperidine rings is 1. The summed E-state index contributed by atoms with van der Waals surface area (Å²) in [5.74, 6) is 3.18. The lowest BCUT2D eigenvalue weighted by atomic mass is 9.75. The highest BCUT2D eigenvalue weighted by Gasteiger charge is 2.32. The molecule has 2 aromatic rings. The molecule has 0 spiro atoms. The van der Waals surface area contributed by atoms with Crippen LogP contribution < -0.4 is 10.6 Å². The van der Waals surface area contributed by atoms with Crippen molar-refractivity contribution >= 4 is 22.7 Å². The van der Waals surface area contributed by atoms with E-state index in [9.17, 15) is 0 Å². The number of hydrogen-bond acceptors (Lipinski definition) is 4. The molecule has 4 heteroatoms. The zero-order valence-corrected chi connectivity index (χ0v) is 12.3. The van der Waals surface area contributed by atoms with Gasteiger partial charge in [-0.15, -0.1) is 0 Å². The highest BCUT2D eigenvalue weighted by molar-refractivity contribution is 5.90. The van der Waals surface area contributed by atoms with Gasteiger partial charge in [0.25, 0.3) is 0 Å². The molecule has 2 fully saturated rings. The van der Waals surface area contributed by atoms with Crippen molar-refractivity contribution in [2.75, 3.05) is 23.7 Å². The summed E-state index contributed by atoms with van der Waals surface area (Å²) in [6, 6.07) is 8.19. The Hall–Kier alpha value is -1.84. The van der Waals surface area contributed by atoms with Crippen LogP contribution in [0.3, 0.4) is 0 Å². The summed E-state index contributed by atoms with van der Waals surface area (Å²) in [5, 5.41) is 1.13. The van der Waals surface area contributed by atoms with Gasteiger partial charge in [0, 0.05) is 18.5 Å². The van der Waals surface area contributed by atoms with Crippen molar-refractivity contribution in [3.8, 4) is 0 Å². The highest BCUT2D eigenvalue weighted by Crippen LogP contribution is 2.38. The summed E-state index contributed by atoms with van der Waals surface area (Å²) in [6.45, 7) is 2.23. The molecule has 4 nitrogen and oxygen atoms in total. The molecule has 0 bridgehead atoms. The van der Waals surface area contributed by atoms with E-state index in [1.165, 1.54) is 32.1 Å². The number of nitrogens with zero attached hydrogens (tertiary/aromatic N) is 3. The van der Waals surface area contributed by atoms with Crippen molar-refractivity contribution in [3.05, 3.63) is 24.3 Å². The summed E-state index contributed by atoms with van der Waals surface area (Å²) in [6.07, 6.45) is 6.90. The molecule has 2 heterocycles. The monoisotopic (exact) mass is 282 g/mol. The minimum Gasteiger partial charge on any atom is -0.368 e. The molecule has 2 aliphatic rings. The second-order valence-electron chi connectivity index (χ2n) is 6.46. The van der Waals surface area contributed by atoms with Crippen molar-refractivity contribution in [1.82, 2.24) is 9.97 Å². The van der Waals surface area contributed by atoms with Crippen LogP contribution in [0.1, 0.15) is 32.1 Å². The maximum absolute atomic E-state index is 5.91. The Balaban J connectivity index is 1.70. The molecule has 2 unspecified atom stereocenters. The van der Waals surface area contributed by atoms with Gasteiger partial charge < -0.3 is 10.6 Å². The second kappa shape index (κ2) is 5.17. The molecule has 1 saturated heterocycles. The van der Waals surface area contributed by atoms with Gasteiger partial charge in [-0.1, -0.05) is 31.4 Å². The van der Waals surface area contributed by atoms with Crippen LogP contribution in [0.4, 0.5) is 11.8 Å². The summed E-state index contributed by atoms with van der Waals surface area (Å²) in [4.78, 5) is 11.3. The first-order valence-electron chi connectivity index (χ1n) is 8.08. The van der Waals surface area contributed by atoms with Gasteiger partial charge in [0.1, 0.15) is 5.82 Å². The van der Waals surface area contributed by atoms with Crippen LogP contribution in [0, 0.1) is 11.8 Å². The largest absolute Gasteiger partial charge is 0.368 e. The molecular formula is C17H22N4. The fourth-order valence-electron chi connectivity index (χ4n) is 4.11. The average molecular weight is 282 g/mol. The van der Waals surface area contributed by atoms with Gasteiger partial charge in [-0.2, -0.15) is 4.98 Å². The normalized spacial score (nSPS) is 25.8. The highest BCUT2D eigenvalue weighted by atomic mass is 15.2. The number of nitrogen functional groups attached to an aromatic ring is 1. The van der Waals surface area contributed by atoms with E-state index in [2.05, 4.69) is 27.0 Å². The maximum Gasteiger partial charge on any atom is 0.222 e. The zero-order chi connectivity index (χ0) is 14.2. The fraction of sp³-hybridized carbons (Fsp3) is 0.529. The van der Waals surface area contributed by atoms with E-state index >= 15 is 0 Å². The first-order valence-corrected chi connectivity index (χ1v) is 8.08. The van der Waals surface area contributed by atoms with Crippen LogP contribution >= 0.6 is 0 Å². The molecular weight excluding hydrogens is 260 g/mol. The smallest absolute Gasteiger partial charge is 0.222 e. The van der Waals surface area contributed by atoms with Gasteiger partial charge in [-0.3, -0.25) is 0 Å². The van der Waals surface area contributed by atoms with Crippen LogP contribution in [-0.2, 0) is 0 Å². The van der Waals surface area contributed by atoms with E-state index in [1.54, 1.807) is 0 Å². The number of fused-ring (bicyclic) bond motifs is 2. The lowest BCUT2D eigenvalue weighted by Gasteiger charge is -2.42. The first-order chi connectivity index (χ1) is 10.3. The molecule has 110 valence electrons. The maximum atomic E-state index is 5.91. The predicted octanol–water partition coefficient (Wildman–Crippen LogP) is 3.23.